The molecule has 9 heteroatoms. The van der Waals surface area contributed by atoms with E-state index >= 15 is 0 Å². The fourth-order valence-corrected chi connectivity index (χ4v) is 4.84. The van der Waals surface area contributed by atoms with Crippen LogP contribution in [0.15, 0.2) is 71.1 Å². The molecular formula is C26H27N3O6. The number of ether oxygens (including phenoxy) is 2. The van der Waals surface area contributed by atoms with Gasteiger partial charge in [-0.2, -0.15) is 0 Å². The van der Waals surface area contributed by atoms with E-state index in [2.05, 4.69) is 22.8 Å². The first-order chi connectivity index (χ1) is 16.8. The van der Waals surface area contributed by atoms with Crippen molar-refractivity contribution in [3.63, 3.8) is 0 Å². The van der Waals surface area contributed by atoms with E-state index in [1.54, 1.807) is 26.0 Å². The summed E-state index contributed by atoms with van der Waals surface area (Å²) in [6.07, 6.45) is 0.567. The van der Waals surface area contributed by atoms with E-state index in [1.807, 2.05) is 12.1 Å². The molecule has 0 bridgehead atoms. The summed E-state index contributed by atoms with van der Waals surface area (Å²) < 4.78 is 10.6. The number of methoxy groups -OCH3 is 1. The average Bonchev–Trinajstić information content (AvgIpc) is 3.26. The molecule has 2 aromatic carbocycles. The number of nitrogens with one attached hydrogen (secondary N) is 2. The molecule has 2 aliphatic rings. The van der Waals surface area contributed by atoms with Crippen molar-refractivity contribution in [2.75, 3.05) is 13.7 Å². The molecule has 0 aromatic heterocycles. The number of hydrogen-bond acceptors (Lipinski definition) is 8. The Labute approximate surface area is 203 Å². The number of nitro benzene ring substituents is 1. The zero-order chi connectivity index (χ0) is 25.1. The number of nitrogens with zero attached hydrogens (tertiary/aromatic N) is 1. The first kappa shape index (κ1) is 24.2. The minimum atomic E-state index is -1.01. The number of carbonyl (C=O) groups is 2. The van der Waals surface area contributed by atoms with Crippen LogP contribution < -0.4 is 10.6 Å². The summed E-state index contributed by atoms with van der Waals surface area (Å²) in [6.45, 7) is 4.25. The van der Waals surface area contributed by atoms with Crippen molar-refractivity contribution in [3.05, 3.63) is 97.9 Å². The number of fused-ring (bicyclic) bond motifs is 1. The molecule has 2 aromatic rings. The maximum absolute atomic E-state index is 13.4. The van der Waals surface area contributed by atoms with E-state index in [0.717, 1.165) is 6.54 Å². The smallest absolute Gasteiger partial charge is 0.336 e. The Balaban J connectivity index is 1.63. The summed E-state index contributed by atoms with van der Waals surface area (Å²) in [5, 5.41) is 18.2. The Morgan fingerprint density at radius 2 is 1.63 bits per heavy atom. The first-order valence-electron chi connectivity index (χ1n) is 11.3. The summed E-state index contributed by atoms with van der Waals surface area (Å²) in [5.41, 5.74) is 3.63. The summed E-state index contributed by atoms with van der Waals surface area (Å²) in [5.74, 6) is -2.33. The molecule has 0 spiro atoms. The molecule has 2 aliphatic heterocycles. The average molecular weight is 478 g/mol. The summed E-state index contributed by atoms with van der Waals surface area (Å²) in [4.78, 5) is 37.4. The number of benzene rings is 2. The standard InChI is InChI=1S/C26H27N3O6/c1-15-22(25(30)34-3)24(19-10-6-7-11-21(19)29(32)33)23(16(2)28-15)26(31)35-13-12-20-18-9-5-4-8-17(18)14-27-20/h4-11,20,24,27-28H,12-14H2,1-3H3. The summed E-state index contributed by atoms with van der Waals surface area (Å²) in [7, 11) is 1.23. The van der Waals surface area contributed by atoms with E-state index in [9.17, 15) is 19.7 Å². The minimum absolute atomic E-state index is 0.0670. The number of rotatable bonds is 7. The van der Waals surface area contributed by atoms with Gasteiger partial charge in [0.25, 0.3) is 5.69 Å². The van der Waals surface area contributed by atoms with Gasteiger partial charge in [-0.3, -0.25) is 10.1 Å². The van der Waals surface area contributed by atoms with Crippen molar-refractivity contribution >= 4 is 17.6 Å². The second kappa shape index (κ2) is 10.1. The van der Waals surface area contributed by atoms with Gasteiger partial charge in [-0.15, -0.1) is 0 Å². The number of allylic oxidation sites excluding steroid dienone is 2. The van der Waals surface area contributed by atoms with Crippen LogP contribution in [0.4, 0.5) is 5.69 Å². The third kappa shape index (κ3) is 4.67. The van der Waals surface area contributed by atoms with E-state index in [4.69, 9.17) is 9.47 Å². The Morgan fingerprint density at radius 1 is 1.00 bits per heavy atom. The van der Waals surface area contributed by atoms with Crippen molar-refractivity contribution in [2.45, 2.75) is 38.8 Å². The number of para-hydroxylation sites is 1. The lowest BCUT2D eigenvalue weighted by Crippen LogP contribution is -2.32. The monoisotopic (exact) mass is 477 g/mol. The molecule has 0 amide bonds. The predicted molar refractivity (Wildman–Crippen MR) is 128 cm³/mol. The van der Waals surface area contributed by atoms with Crippen LogP contribution in [0.1, 0.15) is 48.9 Å². The van der Waals surface area contributed by atoms with Gasteiger partial charge in [-0.05, 0) is 25.0 Å². The molecule has 0 saturated carbocycles. The van der Waals surface area contributed by atoms with Gasteiger partial charge in [-0.25, -0.2) is 9.59 Å². The van der Waals surface area contributed by atoms with Crippen molar-refractivity contribution in [3.8, 4) is 0 Å². The molecule has 0 fully saturated rings. The zero-order valence-corrected chi connectivity index (χ0v) is 19.8. The fraction of sp³-hybridized carbons (Fsp3) is 0.308. The van der Waals surface area contributed by atoms with E-state index in [0.29, 0.717) is 17.8 Å². The van der Waals surface area contributed by atoms with Gasteiger partial charge in [0.1, 0.15) is 0 Å². The van der Waals surface area contributed by atoms with Gasteiger partial charge in [0.2, 0.25) is 0 Å². The molecule has 35 heavy (non-hydrogen) atoms. The lowest BCUT2D eigenvalue weighted by molar-refractivity contribution is -0.385. The van der Waals surface area contributed by atoms with Crippen molar-refractivity contribution in [1.82, 2.24) is 10.6 Å². The minimum Gasteiger partial charge on any atom is -0.466 e. The first-order valence-corrected chi connectivity index (χ1v) is 11.3. The number of carbonyl (C=O) groups excluding carboxylic acids is 2. The third-order valence-corrected chi connectivity index (χ3v) is 6.44. The van der Waals surface area contributed by atoms with E-state index < -0.39 is 22.8 Å². The lowest BCUT2D eigenvalue weighted by atomic mass is 9.79. The van der Waals surface area contributed by atoms with E-state index in [-0.39, 0.29) is 35.0 Å². The van der Waals surface area contributed by atoms with Crippen LogP contribution >= 0.6 is 0 Å². The molecule has 2 unspecified atom stereocenters. The van der Waals surface area contributed by atoms with E-state index in [1.165, 1.54) is 30.4 Å². The summed E-state index contributed by atoms with van der Waals surface area (Å²) in [6, 6.07) is 14.2. The fourth-order valence-electron chi connectivity index (χ4n) is 4.84. The SMILES string of the molecule is COC(=O)C1=C(C)NC(C)=C(C(=O)OCCC2NCc3ccccc32)C1c1ccccc1[N+](=O)[O-]. The second-order valence-corrected chi connectivity index (χ2v) is 8.50. The van der Waals surface area contributed by atoms with Crippen LogP contribution in [0.5, 0.6) is 0 Å². The highest BCUT2D eigenvalue weighted by Gasteiger charge is 2.40. The molecule has 0 aliphatic carbocycles. The van der Waals surface area contributed by atoms with Crippen LogP contribution in [-0.2, 0) is 25.6 Å². The highest BCUT2D eigenvalue weighted by molar-refractivity contribution is 6.00. The molecule has 2 heterocycles. The van der Waals surface area contributed by atoms with Gasteiger partial charge in [0.05, 0.1) is 35.7 Å². The van der Waals surface area contributed by atoms with Gasteiger partial charge in [0, 0.05) is 42.0 Å². The number of esters is 2. The third-order valence-electron chi connectivity index (χ3n) is 6.44. The van der Waals surface area contributed by atoms with Gasteiger partial charge < -0.3 is 20.1 Å². The normalized spacial score (nSPS) is 19.2. The van der Waals surface area contributed by atoms with Crippen LogP contribution in [-0.4, -0.2) is 30.6 Å². The predicted octanol–water partition coefficient (Wildman–Crippen LogP) is 3.78. The van der Waals surface area contributed by atoms with Gasteiger partial charge in [0.15, 0.2) is 0 Å². The molecular weight excluding hydrogens is 450 g/mol. The van der Waals surface area contributed by atoms with Crippen LogP contribution in [0.25, 0.3) is 0 Å². The van der Waals surface area contributed by atoms with Crippen LogP contribution in [0, 0.1) is 10.1 Å². The maximum atomic E-state index is 13.4. The maximum Gasteiger partial charge on any atom is 0.336 e. The molecule has 4 rings (SSSR count). The molecule has 2 atom stereocenters. The number of hydrogen-bond donors (Lipinski definition) is 2. The van der Waals surface area contributed by atoms with Gasteiger partial charge in [-0.1, -0.05) is 42.5 Å². The van der Waals surface area contributed by atoms with Crippen molar-refractivity contribution in [2.24, 2.45) is 0 Å². The quantitative estimate of drug-likeness (QED) is 0.351. The molecule has 182 valence electrons. The highest BCUT2D eigenvalue weighted by atomic mass is 16.6. The van der Waals surface area contributed by atoms with Crippen molar-refractivity contribution < 1.29 is 24.0 Å². The molecule has 0 radical (unpaired) electrons. The lowest BCUT2D eigenvalue weighted by Gasteiger charge is -2.30. The summed E-state index contributed by atoms with van der Waals surface area (Å²) >= 11 is 0. The molecule has 2 N–H and O–H groups in total. The number of dihydropyridines is 1. The number of nitro groups is 1. The molecule has 0 saturated heterocycles. The Hall–Kier alpha value is -3.98. The Morgan fingerprint density at radius 3 is 2.31 bits per heavy atom. The highest BCUT2D eigenvalue weighted by Crippen LogP contribution is 2.42. The van der Waals surface area contributed by atoms with Gasteiger partial charge >= 0.3 is 11.9 Å². The molecule has 9 nitrogen and oxygen atoms in total. The zero-order valence-electron chi connectivity index (χ0n) is 19.8. The largest absolute Gasteiger partial charge is 0.466 e. The Kier molecular flexibility index (Phi) is 6.97. The van der Waals surface area contributed by atoms with Crippen molar-refractivity contribution in [1.29, 1.82) is 0 Å². The second-order valence-electron chi connectivity index (χ2n) is 8.50. The van der Waals surface area contributed by atoms with Crippen LogP contribution in [0.2, 0.25) is 0 Å². The van der Waals surface area contributed by atoms with Crippen LogP contribution in [0.3, 0.4) is 0 Å². The topological polar surface area (TPSA) is 120 Å². The Bertz CT molecular complexity index is 1250.